The Kier molecular flexibility index (Phi) is 6.39. The molecule has 0 aliphatic carbocycles. The van der Waals surface area contributed by atoms with Crippen molar-refractivity contribution in [1.82, 2.24) is 4.72 Å². The quantitative estimate of drug-likeness (QED) is 0.557. The highest BCUT2D eigenvalue weighted by atomic mass is 35.5. The molecule has 3 rings (SSSR count). The fourth-order valence-corrected chi connectivity index (χ4v) is 3.87. The highest BCUT2D eigenvalue weighted by Crippen LogP contribution is 2.22. The third-order valence-corrected chi connectivity index (χ3v) is 5.93. The van der Waals surface area contributed by atoms with Crippen molar-refractivity contribution >= 4 is 38.9 Å². The van der Waals surface area contributed by atoms with Gasteiger partial charge in [-0.05, 0) is 54.1 Å². The van der Waals surface area contributed by atoms with E-state index in [9.17, 15) is 8.42 Å². The van der Waals surface area contributed by atoms with Gasteiger partial charge < -0.3 is 5.32 Å². The molecule has 3 aromatic rings. The van der Waals surface area contributed by atoms with E-state index in [1.807, 2.05) is 42.5 Å². The number of rotatable bonds is 7. The molecule has 0 aromatic heterocycles. The average molecular weight is 421 g/mol. The van der Waals surface area contributed by atoms with Crippen LogP contribution in [0.5, 0.6) is 0 Å². The van der Waals surface area contributed by atoms with Crippen molar-refractivity contribution in [3.8, 4) is 0 Å². The van der Waals surface area contributed by atoms with Gasteiger partial charge >= 0.3 is 0 Å². The summed E-state index contributed by atoms with van der Waals surface area (Å²) < 4.78 is 27.8. The molecule has 0 amide bonds. The lowest BCUT2D eigenvalue weighted by molar-refractivity contribution is 0.576. The lowest BCUT2D eigenvalue weighted by Crippen LogP contribution is -2.31. The Hall–Kier alpha value is -2.05. The zero-order valence-corrected chi connectivity index (χ0v) is 16.6. The van der Waals surface area contributed by atoms with Gasteiger partial charge in [-0.2, -0.15) is 0 Å². The largest absolute Gasteiger partial charge is 0.377 e. The Morgan fingerprint density at radius 3 is 1.93 bits per heavy atom. The monoisotopic (exact) mass is 420 g/mol. The molecule has 0 heterocycles. The van der Waals surface area contributed by atoms with Gasteiger partial charge in [0.15, 0.2) is 0 Å². The van der Waals surface area contributed by atoms with Crippen molar-refractivity contribution in [3.63, 3.8) is 0 Å². The minimum atomic E-state index is -3.65. The third kappa shape index (κ3) is 5.47. The molecular weight excluding hydrogens is 403 g/mol. The third-order valence-electron chi connectivity index (χ3n) is 3.99. The van der Waals surface area contributed by atoms with E-state index in [0.29, 0.717) is 10.0 Å². The maximum Gasteiger partial charge on any atom is 0.240 e. The van der Waals surface area contributed by atoms with Crippen LogP contribution in [0.1, 0.15) is 11.6 Å². The van der Waals surface area contributed by atoms with Crippen LogP contribution in [0.25, 0.3) is 0 Å². The van der Waals surface area contributed by atoms with Crippen molar-refractivity contribution in [1.29, 1.82) is 0 Å². The molecule has 0 radical (unpaired) electrons. The number of anilines is 1. The highest BCUT2D eigenvalue weighted by Gasteiger charge is 2.18. The highest BCUT2D eigenvalue weighted by molar-refractivity contribution is 7.89. The first-order chi connectivity index (χ1) is 12.9. The van der Waals surface area contributed by atoms with Gasteiger partial charge in [-0.25, -0.2) is 13.1 Å². The molecule has 27 heavy (non-hydrogen) atoms. The molecule has 0 saturated heterocycles. The Balaban J connectivity index is 1.79. The molecule has 0 fully saturated rings. The van der Waals surface area contributed by atoms with Crippen LogP contribution in [0.15, 0.2) is 83.8 Å². The molecule has 0 aliphatic rings. The Bertz CT molecular complexity index is 977. The summed E-state index contributed by atoms with van der Waals surface area (Å²) in [5.41, 5.74) is 1.81. The Morgan fingerprint density at radius 1 is 0.778 bits per heavy atom. The summed E-state index contributed by atoms with van der Waals surface area (Å²) in [5, 5.41) is 4.47. The van der Waals surface area contributed by atoms with Crippen LogP contribution in [-0.2, 0) is 10.0 Å². The zero-order valence-electron chi connectivity index (χ0n) is 14.3. The summed E-state index contributed by atoms with van der Waals surface area (Å²) in [6.07, 6.45) is 0. The predicted molar refractivity (Wildman–Crippen MR) is 111 cm³/mol. The summed E-state index contributed by atoms with van der Waals surface area (Å²) in [4.78, 5) is 0.171. The molecule has 0 spiro atoms. The number of benzene rings is 3. The molecule has 2 N–H and O–H groups in total. The second kappa shape index (κ2) is 8.76. The summed E-state index contributed by atoms with van der Waals surface area (Å²) in [5.74, 6) is 0. The van der Waals surface area contributed by atoms with Crippen molar-refractivity contribution in [2.24, 2.45) is 0 Å². The van der Waals surface area contributed by atoms with E-state index in [4.69, 9.17) is 23.2 Å². The van der Waals surface area contributed by atoms with Gasteiger partial charge in [0.2, 0.25) is 10.0 Å². The van der Waals surface area contributed by atoms with Crippen molar-refractivity contribution in [2.75, 3.05) is 11.9 Å². The minimum absolute atomic E-state index is 0.171. The van der Waals surface area contributed by atoms with Crippen LogP contribution in [0, 0.1) is 0 Å². The average Bonchev–Trinajstić information content (AvgIpc) is 2.68. The molecule has 0 bridgehead atoms. The summed E-state index contributed by atoms with van der Waals surface area (Å²) in [6, 6.07) is 22.7. The topological polar surface area (TPSA) is 58.2 Å². The number of nitrogens with one attached hydrogen (secondary N) is 2. The number of hydrogen-bond donors (Lipinski definition) is 2. The fraction of sp³-hybridized carbons (Fsp3) is 0.100. The van der Waals surface area contributed by atoms with Gasteiger partial charge in [0.1, 0.15) is 0 Å². The van der Waals surface area contributed by atoms with Crippen LogP contribution < -0.4 is 10.0 Å². The first-order valence-electron chi connectivity index (χ1n) is 8.26. The van der Waals surface area contributed by atoms with E-state index in [2.05, 4.69) is 10.0 Å². The van der Waals surface area contributed by atoms with E-state index in [1.165, 1.54) is 12.1 Å². The molecule has 0 unspecified atom stereocenters. The molecule has 3 aromatic carbocycles. The normalized spacial score (nSPS) is 12.5. The van der Waals surface area contributed by atoms with Crippen LogP contribution in [-0.4, -0.2) is 15.0 Å². The van der Waals surface area contributed by atoms with E-state index in [0.717, 1.165) is 11.3 Å². The van der Waals surface area contributed by atoms with Crippen molar-refractivity contribution in [3.05, 3.63) is 94.5 Å². The standard InChI is InChI=1S/C20H18Cl2N2O2S/c21-16-6-10-18(11-7-16)24-20(15-4-2-1-3-5-15)14-23-27(25,26)19-12-8-17(22)9-13-19/h1-13,20,23-24H,14H2/t20-/m0/s1. The summed E-state index contributed by atoms with van der Waals surface area (Å²) in [6.45, 7) is 0.178. The molecule has 140 valence electrons. The Morgan fingerprint density at radius 2 is 1.33 bits per heavy atom. The first kappa shape index (κ1) is 19.7. The summed E-state index contributed by atoms with van der Waals surface area (Å²) in [7, 11) is -3.65. The number of halogens is 2. The lowest BCUT2D eigenvalue weighted by Gasteiger charge is -2.21. The SMILES string of the molecule is O=S(=O)(NC[C@H](Nc1ccc(Cl)cc1)c1ccccc1)c1ccc(Cl)cc1. The summed E-state index contributed by atoms with van der Waals surface area (Å²) >= 11 is 11.8. The second-order valence-electron chi connectivity index (χ2n) is 5.92. The minimum Gasteiger partial charge on any atom is -0.377 e. The van der Waals surface area contributed by atoms with Crippen LogP contribution in [0.2, 0.25) is 10.0 Å². The first-order valence-corrected chi connectivity index (χ1v) is 10.5. The zero-order chi connectivity index (χ0) is 19.3. The maximum atomic E-state index is 12.6. The molecule has 7 heteroatoms. The number of hydrogen-bond acceptors (Lipinski definition) is 3. The lowest BCUT2D eigenvalue weighted by atomic mass is 10.1. The van der Waals surface area contributed by atoms with Crippen molar-refractivity contribution < 1.29 is 8.42 Å². The van der Waals surface area contributed by atoms with Gasteiger partial charge in [0.05, 0.1) is 10.9 Å². The smallest absolute Gasteiger partial charge is 0.240 e. The predicted octanol–water partition coefficient (Wildman–Crippen LogP) is 5.13. The van der Waals surface area contributed by atoms with Gasteiger partial charge in [-0.3, -0.25) is 0 Å². The van der Waals surface area contributed by atoms with E-state index in [-0.39, 0.29) is 17.5 Å². The van der Waals surface area contributed by atoms with Gasteiger partial charge in [-0.15, -0.1) is 0 Å². The van der Waals surface area contributed by atoms with Gasteiger partial charge in [0, 0.05) is 22.3 Å². The van der Waals surface area contributed by atoms with E-state index < -0.39 is 10.0 Å². The molecular formula is C20H18Cl2N2O2S. The maximum absolute atomic E-state index is 12.6. The van der Waals surface area contributed by atoms with E-state index >= 15 is 0 Å². The Labute approximate surface area is 169 Å². The van der Waals surface area contributed by atoms with Crippen molar-refractivity contribution in [2.45, 2.75) is 10.9 Å². The molecule has 0 aliphatic heterocycles. The second-order valence-corrected chi connectivity index (χ2v) is 8.56. The molecule has 1 atom stereocenters. The molecule has 4 nitrogen and oxygen atoms in total. The molecule has 0 saturated carbocycles. The van der Waals surface area contributed by atoms with Gasteiger partial charge in [-0.1, -0.05) is 53.5 Å². The number of sulfonamides is 1. The van der Waals surface area contributed by atoms with Crippen LogP contribution in [0.4, 0.5) is 5.69 Å². The van der Waals surface area contributed by atoms with Crippen LogP contribution in [0.3, 0.4) is 0 Å². The van der Waals surface area contributed by atoms with E-state index in [1.54, 1.807) is 24.3 Å². The van der Waals surface area contributed by atoms with Gasteiger partial charge in [0.25, 0.3) is 0 Å². The van der Waals surface area contributed by atoms with Crippen LogP contribution >= 0.6 is 23.2 Å². The fourth-order valence-electron chi connectivity index (χ4n) is 2.57.